The summed E-state index contributed by atoms with van der Waals surface area (Å²) in [5, 5.41) is 3.01. The number of nitrogens with zero attached hydrogens (tertiary/aromatic N) is 2. The number of anilines is 2. The van der Waals surface area contributed by atoms with E-state index in [1.165, 1.54) is 6.07 Å². The van der Waals surface area contributed by atoms with Gasteiger partial charge in [-0.2, -0.15) is 0 Å². The fraction of sp³-hybridized carbons (Fsp3) is 0.357. The molecular weight excluding hydrogens is 248 g/mol. The maximum absolute atomic E-state index is 13.2. The topological polar surface area (TPSA) is 29.9 Å². The third-order valence-corrected chi connectivity index (χ3v) is 2.63. The number of aromatic nitrogens is 2. The van der Waals surface area contributed by atoms with E-state index in [9.17, 15) is 8.78 Å². The Labute approximate surface area is 111 Å². The molecule has 0 aliphatic heterocycles. The van der Waals surface area contributed by atoms with E-state index in [2.05, 4.69) is 24.1 Å². The van der Waals surface area contributed by atoms with E-state index >= 15 is 0 Å². The Morgan fingerprint density at radius 3 is 2.63 bits per heavy atom. The Morgan fingerprint density at radius 1 is 1.26 bits per heavy atom. The zero-order valence-electron chi connectivity index (χ0n) is 11.2. The van der Waals surface area contributed by atoms with Crippen LogP contribution in [0.25, 0.3) is 0 Å². The van der Waals surface area contributed by atoms with Gasteiger partial charge in [0.25, 0.3) is 0 Å². The highest BCUT2D eigenvalue weighted by Gasteiger charge is 2.09. The van der Waals surface area contributed by atoms with Crippen molar-refractivity contribution in [3.8, 4) is 0 Å². The summed E-state index contributed by atoms with van der Waals surface area (Å²) in [5.41, 5.74) is 1.36. The van der Waals surface area contributed by atoms with Crippen LogP contribution in [0.3, 0.4) is 0 Å². The predicted octanol–water partition coefficient (Wildman–Crippen LogP) is 3.87. The van der Waals surface area contributed by atoms with Gasteiger partial charge in [-0.15, -0.1) is 0 Å². The highest BCUT2D eigenvalue weighted by Crippen LogP contribution is 2.19. The maximum atomic E-state index is 13.2. The molecule has 1 N–H and O–H groups in total. The number of nitrogens with one attached hydrogen (secondary N) is 1. The van der Waals surface area contributed by atoms with Crippen molar-refractivity contribution in [1.82, 2.24) is 9.55 Å². The molecule has 0 unspecified atom stereocenters. The molecule has 1 heterocycles. The summed E-state index contributed by atoms with van der Waals surface area (Å²) in [6, 6.07) is 3.71. The Hall–Kier alpha value is -1.91. The van der Waals surface area contributed by atoms with Gasteiger partial charge in [0.15, 0.2) is 11.6 Å². The molecular formula is C14H17F2N3. The summed E-state index contributed by atoms with van der Waals surface area (Å²) >= 11 is 0. The van der Waals surface area contributed by atoms with Gasteiger partial charge in [0.1, 0.15) is 0 Å². The molecule has 0 radical (unpaired) electrons. The fourth-order valence-corrected chi connectivity index (χ4v) is 1.88. The van der Waals surface area contributed by atoms with Gasteiger partial charge in [0.05, 0.1) is 5.69 Å². The Kier molecular flexibility index (Phi) is 3.83. The molecule has 19 heavy (non-hydrogen) atoms. The predicted molar refractivity (Wildman–Crippen MR) is 71.4 cm³/mol. The van der Waals surface area contributed by atoms with Gasteiger partial charge in [0, 0.05) is 24.5 Å². The first-order chi connectivity index (χ1) is 8.95. The first kappa shape index (κ1) is 13.5. The molecule has 3 nitrogen and oxygen atoms in total. The summed E-state index contributed by atoms with van der Waals surface area (Å²) in [7, 11) is 0. The lowest BCUT2D eigenvalue weighted by molar-refractivity contribution is 0.509. The van der Waals surface area contributed by atoms with Gasteiger partial charge in [-0.3, -0.25) is 0 Å². The molecule has 102 valence electrons. The first-order valence-corrected chi connectivity index (χ1v) is 6.21. The number of imidazole rings is 1. The van der Waals surface area contributed by atoms with Crippen molar-refractivity contribution in [2.24, 2.45) is 5.92 Å². The highest BCUT2D eigenvalue weighted by atomic mass is 19.2. The number of benzene rings is 1. The number of aryl methyl sites for hydroxylation is 1. The molecule has 0 aliphatic carbocycles. The van der Waals surface area contributed by atoms with Gasteiger partial charge in [-0.1, -0.05) is 13.8 Å². The third kappa shape index (κ3) is 3.30. The second-order valence-corrected chi connectivity index (χ2v) is 5.01. The average molecular weight is 265 g/mol. The van der Waals surface area contributed by atoms with Crippen LogP contribution in [0, 0.1) is 24.5 Å². The first-order valence-electron chi connectivity index (χ1n) is 6.21. The molecule has 0 saturated heterocycles. The normalized spacial score (nSPS) is 11.1. The summed E-state index contributed by atoms with van der Waals surface area (Å²) < 4.78 is 28.0. The van der Waals surface area contributed by atoms with Crippen molar-refractivity contribution in [2.45, 2.75) is 27.3 Å². The van der Waals surface area contributed by atoms with E-state index in [4.69, 9.17) is 0 Å². The standard InChI is InChI=1S/C14H17F2N3/c1-9(2)7-19-8-10(3)17-14(19)18-11-4-5-12(15)13(16)6-11/h4-6,8-9H,7H2,1-3H3,(H,17,18). The largest absolute Gasteiger partial charge is 0.326 e. The van der Waals surface area contributed by atoms with E-state index in [1.807, 2.05) is 17.7 Å². The van der Waals surface area contributed by atoms with E-state index in [1.54, 1.807) is 0 Å². The van der Waals surface area contributed by atoms with Crippen LogP contribution in [0.5, 0.6) is 0 Å². The van der Waals surface area contributed by atoms with Crippen LogP contribution in [-0.4, -0.2) is 9.55 Å². The lowest BCUT2D eigenvalue weighted by Gasteiger charge is -2.11. The maximum Gasteiger partial charge on any atom is 0.207 e. The summed E-state index contributed by atoms with van der Waals surface area (Å²) in [6.07, 6.45) is 1.93. The number of hydrogen-bond acceptors (Lipinski definition) is 2. The number of halogens is 2. The van der Waals surface area contributed by atoms with Crippen LogP contribution in [0.15, 0.2) is 24.4 Å². The van der Waals surface area contributed by atoms with Crippen molar-refractivity contribution >= 4 is 11.6 Å². The number of hydrogen-bond donors (Lipinski definition) is 1. The lowest BCUT2D eigenvalue weighted by atomic mass is 10.2. The van der Waals surface area contributed by atoms with Gasteiger partial charge in [-0.25, -0.2) is 13.8 Å². The van der Waals surface area contributed by atoms with Crippen LogP contribution in [0.2, 0.25) is 0 Å². The summed E-state index contributed by atoms with van der Waals surface area (Å²) in [5.74, 6) is -0.618. The van der Waals surface area contributed by atoms with Crippen molar-refractivity contribution in [2.75, 3.05) is 5.32 Å². The van der Waals surface area contributed by atoms with Crippen molar-refractivity contribution in [1.29, 1.82) is 0 Å². The average Bonchev–Trinajstić information content (AvgIpc) is 2.63. The lowest BCUT2D eigenvalue weighted by Crippen LogP contribution is -2.07. The van der Waals surface area contributed by atoms with Gasteiger partial charge in [-0.05, 0) is 25.0 Å². The van der Waals surface area contributed by atoms with Crippen LogP contribution >= 0.6 is 0 Å². The van der Waals surface area contributed by atoms with Crippen molar-refractivity contribution in [3.63, 3.8) is 0 Å². The van der Waals surface area contributed by atoms with E-state index < -0.39 is 11.6 Å². The summed E-state index contributed by atoms with van der Waals surface area (Å²) in [4.78, 5) is 4.35. The molecule has 1 aromatic heterocycles. The van der Waals surface area contributed by atoms with Crippen molar-refractivity contribution < 1.29 is 8.78 Å². The fourth-order valence-electron chi connectivity index (χ4n) is 1.88. The molecule has 2 rings (SSSR count). The Bertz CT molecular complexity index is 576. The Balaban J connectivity index is 2.24. The second-order valence-electron chi connectivity index (χ2n) is 5.01. The van der Waals surface area contributed by atoms with Gasteiger partial charge >= 0.3 is 0 Å². The molecule has 1 aromatic carbocycles. The SMILES string of the molecule is Cc1cn(CC(C)C)c(Nc2ccc(F)c(F)c2)n1. The monoisotopic (exact) mass is 265 g/mol. The van der Waals surface area contributed by atoms with Gasteiger partial charge in [0.2, 0.25) is 5.95 Å². The highest BCUT2D eigenvalue weighted by molar-refractivity contribution is 5.54. The smallest absolute Gasteiger partial charge is 0.207 e. The van der Waals surface area contributed by atoms with E-state index in [0.717, 1.165) is 24.4 Å². The van der Waals surface area contributed by atoms with E-state index in [-0.39, 0.29) is 0 Å². The van der Waals surface area contributed by atoms with Gasteiger partial charge < -0.3 is 9.88 Å². The molecule has 0 aliphatic rings. The molecule has 0 atom stereocenters. The van der Waals surface area contributed by atoms with E-state index in [0.29, 0.717) is 17.6 Å². The minimum Gasteiger partial charge on any atom is -0.326 e. The third-order valence-electron chi connectivity index (χ3n) is 2.63. The second kappa shape index (κ2) is 5.38. The summed E-state index contributed by atoms with van der Waals surface area (Å²) in [6.45, 7) is 6.92. The number of rotatable bonds is 4. The minimum atomic E-state index is -0.872. The van der Waals surface area contributed by atoms with Crippen molar-refractivity contribution in [3.05, 3.63) is 41.7 Å². The Morgan fingerprint density at radius 2 is 2.00 bits per heavy atom. The molecule has 0 bridgehead atoms. The molecule has 2 aromatic rings. The molecule has 0 amide bonds. The molecule has 0 saturated carbocycles. The quantitative estimate of drug-likeness (QED) is 0.909. The van der Waals surface area contributed by atoms with Crippen LogP contribution in [0.4, 0.5) is 20.4 Å². The minimum absolute atomic E-state index is 0.471. The molecule has 5 heteroatoms. The van der Waals surface area contributed by atoms with Crippen LogP contribution in [0.1, 0.15) is 19.5 Å². The van der Waals surface area contributed by atoms with Crippen LogP contribution in [-0.2, 0) is 6.54 Å². The molecule has 0 spiro atoms. The van der Waals surface area contributed by atoms with Crippen LogP contribution < -0.4 is 5.32 Å². The zero-order chi connectivity index (χ0) is 14.0. The molecule has 0 fully saturated rings. The zero-order valence-corrected chi connectivity index (χ0v) is 11.2.